The number of aliphatic carboxylic acids is 1. The molecule has 0 saturated heterocycles. The van der Waals surface area contributed by atoms with E-state index < -0.39 is 11.5 Å². The van der Waals surface area contributed by atoms with Crippen LogP contribution in [0.1, 0.15) is 39.7 Å². The summed E-state index contributed by atoms with van der Waals surface area (Å²) in [6.45, 7) is 7.74. The number of benzene rings is 1. The van der Waals surface area contributed by atoms with Crippen molar-refractivity contribution >= 4 is 11.9 Å². The van der Waals surface area contributed by atoms with Gasteiger partial charge in [-0.1, -0.05) is 39.0 Å². The van der Waals surface area contributed by atoms with E-state index in [1.807, 2.05) is 24.3 Å². The minimum Gasteiger partial charge on any atom is -0.483 e. The fraction of sp³-hybridized carbons (Fsp3) is 0.556. The minimum atomic E-state index is -1.01. The molecule has 1 amide bonds. The van der Waals surface area contributed by atoms with Crippen LogP contribution in [0.4, 0.5) is 0 Å². The number of nitrogens with one attached hydrogen (secondary N) is 1. The number of ether oxygens (including phenoxy) is 2. The molecule has 0 bridgehead atoms. The number of hydrogen-bond acceptors (Lipinski definition) is 4. The molecule has 0 aromatic heterocycles. The Hall–Kier alpha value is -2.08. The first-order chi connectivity index (χ1) is 11.1. The Labute approximate surface area is 143 Å². The standard InChI is InChI=1S/C18H27NO5/c1-17(2,3)13-8-6-7-9-14(13)24-11-15(20)19-18(4,12-23-5)10-16(21)22/h6-9H,10-12H2,1-5H3,(H,19,20)(H,21,22). The molecule has 134 valence electrons. The van der Waals surface area contributed by atoms with Gasteiger partial charge in [0, 0.05) is 7.11 Å². The van der Waals surface area contributed by atoms with Gasteiger partial charge < -0.3 is 19.9 Å². The quantitative estimate of drug-likeness (QED) is 0.761. The number of amides is 1. The zero-order chi connectivity index (χ0) is 18.4. The Bertz CT molecular complexity index is 579. The number of para-hydroxylation sites is 1. The highest BCUT2D eigenvalue weighted by Crippen LogP contribution is 2.30. The first-order valence-corrected chi connectivity index (χ1v) is 7.81. The summed E-state index contributed by atoms with van der Waals surface area (Å²) in [5.41, 5.74) is -0.0890. The van der Waals surface area contributed by atoms with Crippen molar-refractivity contribution in [2.45, 2.75) is 45.1 Å². The lowest BCUT2D eigenvalue weighted by Gasteiger charge is -2.28. The molecule has 0 fully saturated rings. The average Bonchev–Trinajstić information content (AvgIpc) is 2.43. The number of rotatable bonds is 8. The van der Waals surface area contributed by atoms with E-state index in [0.29, 0.717) is 5.75 Å². The number of hydrogen-bond donors (Lipinski definition) is 2. The Morgan fingerprint density at radius 2 is 1.79 bits per heavy atom. The Morgan fingerprint density at radius 3 is 2.33 bits per heavy atom. The van der Waals surface area contributed by atoms with Crippen LogP contribution in [0.25, 0.3) is 0 Å². The maximum absolute atomic E-state index is 12.2. The van der Waals surface area contributed by atoms with Gasteiger partial charge in [0.25, 0.3) is 5.91 Å². The van der Waals surface area contributed by atoms with Gasteiger partial charge in [-0.2, -0.15) is 0 Å². The zero-order valence-corrected chi connectivity index (χ0v) is 15.0. The lowest BCUT2D eigenvalue weighted by Crippen LogP contribution is -2.52. The highest BCUT2D eigenvalue weighted by molar-refractivity contribution is 5.79. The van der Waals surface area contributed by atoms with Gasteiger partial charge in [-0.05, 0) is 24.0 Å². The monoisotopic (exact) mass is 337 g/mol. The van der Waals surface area contributed by atoms with Gasteiger partial charge >= 0.3 is 5.97 Å². The van der Waals surface area contributed by atoms with Crippen molar-refractivity contribution in [1.29, 1.82) is 0 Å². The summed E-state index contributed by atoms with van der Waals surface area (Å²) in [4.78, 5) is 23.1. The number of methoxy groups -OCH3 is 1. The smallest absolute Gasteiger partial charge is 0.305 e. The average molecular weight is 337 g/mol. The van der Waals surface area contributed by atoms with Crippen LogP contribution in [0.2, 0.25) is 0 Å². The van der Waals surface area contributed by atoms with Gasteiger partial charge in [0.15, 0.2) is 6.61 Å². The van der Waals surface area contributed by atoms with E-state index in [9.17, 15) is 9.59 Å². The molecule has 0 saturated carbocycles. The molecule has 1 unspecified atom stereocenters. The van der Waals surface area contributed by atoms with Crippen LogP contribution in [0.5, 0.6) is 5.75 Å². The normalized spacial score (nSPS) is 13.9. The van der Waals surface area contributed by atoms with Crippen LogP contribution in [-0.4, -0.2) is 42.8 Å². The summed E-state index contributed by atoms with van der Waals surface area (Å²) in [6, 6.07) is 7.56. The Balaban J connectivity index is 2.74. The lowest BCUT2D eigenvalue weighted by molar-refractivity contribution is -0.139. The topological polar surface area (TPSA) is 84.9 Å². The zero-order valence-electron chi connectivity index (χ0n) is 15.0. The fourth-order valence-corrected chi connectivity index (χ4v) is 2.51. The van der Waals surface area contributed by atoms with E-state index in [2.05, 4.69) is 26.1 Å². The summed E-state index contributed by atoms with van der Waals surface area (Å²) in [7, 11) is 1.46. The molecule has 1 rings (SSSR count). The molecule has 2 N–H and O–H groups in total. The number of carboxylic acid groups (broad SMARTS) is 1. The number of carbonyl (C=O) groups is 2. The highest BCUT2D eigenvalue weighted by Gasteiger charge is 2.30. The van der Waals surface area contributed by atoms with Gasteiger partial charge in [0.2, 0.25) is 0 Å². The van der Waals surface area contributed by atoms with Crippen molar-refractivity contribution in [2.24, 2.45) is 0 Å². The molecular formula is C18H27NO5. The molecule has 1 aromatic rings. The second-order valence-corrected chi connectivity index (χ2v) is 7.15. The van der Waals surface area contributed by atoms with Crippen molar-refractivity contribution in [2.75, 3.05) is 20.3 Å². The molecular weight excluding hydrogens is 310 g/mol. The maximum Gasteiger partial charge on any atom is 0.305 e. The van der Waals surface area contributed by atoms with Crippen LogP contribution in [0.15, 0.2) is 24.3 Å². The molecule has 0 aliphatic heterocycles. The third-order valence-electron chi connectivity index (χ3n) is 3.50. The first kappa shape index (κ1) is 20.0. The SMILES string of the molecule is COCC(C)(CC(=O)O)NC(=O)COc1ccccc1C(C)(C)C. The molecule has 6 heteroatoms. The van der Waals surface area contributed by atoms with E-state index in [1.165, 1.54) is 7.11 Å². The molecule has 6 nitrogen and oxygen atoms in total. The highest BCUT2D eigenvalue weighted by atomic mass is 16.5. The van der Waals surface area contributed by atoms with Gasteiger partial charge in [0.05, 0.1) is 18.6 Å². The summed E-state index contributed by atoms with van der Waals surface area (Å²) in [6.07, 6.45) is -0.231. The Morgan fingerprint density at radius 1 is 1.17 bits per heavy atom. The van der Waals surface area contributed by atoms with Crippen LogP contribution >= 0.6 is 0 Å². The van der Waals surface area contributed by atoms with Crippen LogP contribution in [0, 0.1) is 0 Å². The molecule has 0 aliphatic rings. The molecule has 0 aliphatic carbocycles. The molecule has 0 heterocycles. The van der Waals surface area contributed by atoms with Crippen molar-refractivity contribution < 1.29 is 24.2 Å². The van der Waals surface area contributed by atoms with Crippen molar-refractivity contribution in [1.82, 2.24) is 5.32 Å². The van der Waals surface area contributed by atoms with Gasteiger partial charge in [0.1, 0.15) is 5.75 Å². The largest absolute Gasteiger partial charge is 0.483 e. The number of carboxylic acids is 1. The van der Waals surface area contributed by atoms with Crippen molar-refractivity contribution in [3.05, 3.63) is 29.8 Å². The third-order valence-corrected chi connectivity index (χ3v) is 3.50. The maximum atomic E-state index is 12.2. The summed E-state index contributed by atoms with van der Waals surface area (Å²) >= 11 is 0. The molecule has 0 radical (unpaired) electrons. The van der Waals surface area contributed by atoms with Crippen LogP contribution < -0.4 is 10.1 Å². The lowest BCUT2D eigenvalue weighted by atomic mass is 9.86. The van der Waals surface area contributed by atoms with Gasteiger partial charge in [-0.25, -0.2) is 0 Å². The van der Waals surface area contributed by atoms with Gasteiger partial charge in [-0.3, -0.25) is 9.59 Å². The number of carbonyl (C=O) groups excluding carboxylic acids is 1. The van der Waals surface area contributed by atoms with E-state index in [-0.39, 0.29) is 31.0 Å². The fourth-order valence-electron chi connectivity index (χ4n) is 2.51. The second kappa shape index (κ2) is 8.15. The first-order valence-electron chi connectivity index (χ1n) is 7.81. The molecule has 1 atom stereocenters. The molecule has 1 aromatic carbocycles. The van der Waals surface area contributed by atoms with Gasteiger partial charge in [-0.15, -0.1) is 0 Å². The minimum absolute atomic E-state index is 0.101. The van der Waals surface area contributed by atoms with E-state index >= 15 is 0 Å². The van der Waals surface area contributed by atoms with Crippen molar-refractivity contribution in [3.63, 3.8) is 0 Å². The molecule has 0 spiro atoms. The predicted octanol–water partition coefficient (Wildman–Crippen LogP) is 2.36. The van der Waals surface area contributed by atoms with E-state index in [0.717, 1.165) is 5.56 Å². The van der Waals surface area contributed by atoms with Crippen LogP contribution in [-0.2, 0) is 19.7 Å². The van der Waals surface area contributed by atoms with Crippen LogP contribution in [0.3, 0.4) is 0 Å². The molecule has 24 heavy (non-hydrogen) atoms. The second-order valence-electron chi connectivity index (χ2n) is 7.15. The summed E-state index contributed by atoms with van der Waals surface area (Å²) in [5, 5.41) is 11.7. The Kier molecular flexibility index (Phi) is 6.78. The summed E-state index contributed by atoms with van der Waals surface area (Å²) in [5.74, 6) is -0.750. The van der Waals surface area contributed by atoms with E-state index in [1.54, 1.807) is 6.92 Å². The van der Waals surface area contributed by atoms with Crippen molar-refractivity contribution in [3.8, 4) is 5.75 Å². The third kappa shape index (κ3) is 6.20. The van der Waals surface area contributed by atoms with E-state index in [4.69, 9.17) is 14.6 Å². The summed E-state index contributed by atoms with van der Waals surface area (Å²) < 4.78 is 10.7. The predicted molar refractivity (Wildman–Crippen MR) is 91.3 cm³/mol.